The van der Waals surface area contributed by atoms with Crippen LogP contribution in [-0.2, 0) is 22.6 Å². The van der Waals surface area contributed by atoms with Crippen LogP contribution in [0.3, 0.4) is 0 Å². The second kappa shape index (κ2) is 9.46. The molecule has 2 aliphatic rings. The van der Waals surface area contributed by atoms with Crippen LogP contribution in [0, 0.1) is 18.8 Å². The molecule has 2 amide bonds. The Bertz CT molecular complexity index is 880. The van der Waals surface area contributed by atoms with Crippen LogP contribution in [0.4, 0.5) is 5.69 Å². The van der Waals surface area contributed by atoms with Gasteiger partial charge in [-0.25, -0.2) is 0 Å². The van der Waals surface area contributed by atoms with Crippen molar-refractivity contribution in [2.45, 2.75) is 58.4 Å². The Hall–Kier alpha value is -2.62. The zero-order chi connectivity index (χ0) is 20.9. The largest absolute Gasteiger partial charge is 0.356 e. The fourth-order valence-corrected chi connectivity index (χ4v) is 4.30. The van der Waals surface area contributed by atoms with Crippen LogP contribution in [0.15, 0.2) is 48.5 Å². The first kappa shape index (κ1) is 20.6. The highest BCUT2D eigenvalue weighted by Gasteiger charge is 2.28. The molecule has 0 radical (unpaired) electrons. The molecule has 4 rings (SSSR count). The molecule has 1 N–H and O–H groups in total. The Morgan fingerprint density at radius 1 is 0.967 bits per heavy atom. The van der Waals surface area contributed by atoms with Crippen LogP contribution in [0.5, 0.6) is 0 Å². The van der Waals surface area contributed by atoms with Gasteiger partial charge in [-0.15, -0.1) is 0 Å². The smallest absolute Gasteiger partial charge is 0.230 e. The number of nitrogens with one attached hydrogen (secondary N) is 1. The van der Waals surface area contributed by atoms with Gasteiger partial charge in [0.05, 0.1) is 13.0 Å². The SMILES string of the molecule is Cc1cccc(CN(C(=O)C2CCCC2)c2ccc(CC(=O)NCC3CC3)cc2)c1. The topological polar surface area (TPSA) is 49.4 Å². The molecule has 2 fully saturated rings. The maximum atomic E-state index is 13.3. The normalized spacial score (nSPS) is 16.4. The lowest BCUT2D eigenvalue weighted by molar-refractivity contribution is -0.122. The Morgan fingerprint density at radius 2 is 1.70 bits per heavy atom. The minimum absolute atomic E-state index is 0.0771. The molecule has 0 aromatic heterocycles. The highest BCUT2D eigenvalue weighted by atomic mass is 16.2. The van der Waals surface area contributed by atoms with E-state index in [2.05, 4.69) is 30.4 Å². The molecule has 0 atom stereocenters. The number of aryl methyl sites for hydroxylation is 1. The van der Waals surface area contributed by atoms with Gasteiger partial charge in [-0.3, -0.25) is 9.59 Å². The number of hydrogen-bond acceptors (Lipinski definition) is 2. The van der Waals surface area contributed by atoms with Crippen LogP contribution < -0.4 is 10.2 Å². The van der Waals surface area contributed by atoms with Crippen molar-refractivity contribution in [3.05, 3.63) is 65.2 Å². The Labute approximate surface area is 179 Å². The van der Waals surface area contributed by atoms with Gasteiger partial charge in [0, 0.05) is 18.2 Å². The minimum Gasteiger partial charge on any atom is -0.356 e. The van der Waals surface area contributed by atoms with E-state index in [9.17, 15) is 9.59 Å². The van der Waals surface area contributed by atoms with Gasteiger partial charge in [0.1, 0.15) is 0 Å². The summed E-state index contributed by atoms with van der Waals surface area (Å²) in [5.41, 5.74) is 4.24. The summed E-state index contributed by atoms with van der Waals surface area (Å²) in [4.78, 5) is 27.4. The summed E-state index contributed by atoms with van der Waals surface area (Å²) in [6, 6.07) is 16.3. The summed E-state index contributed by atoms with van der Waals surface area (Å²) >= 11 is 0. The third-order valence-corrected chi connectivity index (χ3v) is 6.29. The van der Waals surface area contributed by atoms with E-state index in [1.807, 2.05) is 35.2 Å². The number of nitrogens with zero attached hydrogens (tertiary/aromatic N) is 1. The van der Waals surface area contributed by atoms with Gasteiger partial charge in [-0.05, 0) is 61.8 Å². The molecule has 0 spiro atoms. The molecule has 0 bridgehead atoms. The first-order chi connectivity index (χ1) is 14.6. The average Bonchev–Trinajstić information content (AvgIpc) is 3.41. The molecule has 4 nitrogen and oxygen atoms in total. The third kappa shape index (κ3) is 5.50. The van der Waals surface area contributed by atoms with Gasteiger partial charge >= 0.3 is 0 Å². The number of benzene rings is 2. The molecule has 2 aromatic rings. The summed E-state index contributed by atoms with van der Waals surface area (Å²) in [6.07, 6.45) is 7.13. The first-order valence-electron chi connectivity index (χ1n) is 11.3. The molecular formula is C26H32N2O2. The summed E-state index contributed by atoms with van der Waals surface area (Å²) in [5.74, 6) is 1.12. The van der Waals surface area contributed by atoms with E-state index in [1.54, 1.807) is 0 Å². The predicted molar refractivity (Wildman–Crippen MR) is 120 cm³/mol. The lowest BCUT2D eigenvalue weighted by Gasteiger charge is -2.26. The van der Waals surface area contributed by atoms with Crippen molar-refractivity contribution in [1.29, 1.82) is 0 Å². The predicted octanol–water partition coefficient (Wildman–Crippen LogP) is 4.79. The van der Waals surface area contributed by atoms with Gasteiger partial charge in [0.15, 0.2) is 0 Å². The third-order valence-electron chi connectivity index (χ3n) is 6.29. The van der Waals surface area contributed by atoms with Crippen LogP contribution in [0.2, 0.25) is 0 Å². The van der Waals surface area contributed by atoms with E-state index >= 15 is 0 Å². The zero-order valence-electron chi connectivity index (χ0n) is 17.9. The molecule has 2 aromatic carbocycles. The van der Waals surface area contributed by atoms with E-state index in [4.69, 9.17) is 0 Å². The van der Waals surface area contributed by atoms with E-state index in [0.29, 0.717) is 18.9 Å². The Kier molecular flexibility index (Phi) is 6.51. The molecule has 4 heteroatoms. The van der Waals surface area contributed by atoms with Crippen molar-refractivity contribution >= 4 is 17.5 Å². The van der Waals surface area contributed by atoms with Crippen molar-refractivity contribution in [3.63, 3.8) is 0 Å². The summed E-state index contributed by atoms with van der Waals surface area (Å²) in [7, 11) is 0. The monoisotopic (exact) mass is 404 g/mol. The van der Waals surface area contributed by atoms with Crippen molar-refractivity contribution in [3.8, 4) is 0 Å². The van der Waals surface area contributed by atoms with Gasteiger partial charge in [0.25, 0.3) is 0 Å². The second-order valence-electron chi connectivity index (χ2n) is 8.99. The number of rotatable bonds is 8. The summed E-state index contributed by atoms with van der Waals surface area (Å²) in [5, 5.41) is 3.02. The fraction of sp³-hybridized carbons (Fsp3) is 0.462. The molecule has 2 aliphatic carbocycles. The lowest BCUT2D eigenvalue weighted by Crippen LogP contribution is -2.35. The number of hydrogen-bond donors (Lipinski definition) is 1. The Balaban J connectivity index is 1.47. The molecule has 0 unspecified atom stereocenters. The van der Waals surface area contributed by atoms with Gasteiger partial charge in [-0.1, -0.05) is 54.8 Å². The van der Waals surface area contributed by atoms with Crippen LogP contribution in [0.25, 0.3) is 0 Å². The lowest BCUT2D eigenvalue weighted by atomic mass is 10.0. The highest BCUT2D eigenvalue weighted by molar-refractivity contribution is 5.95. The Morgan fingerprint density at radius 3 is 2.37 bits per heavy atom. The zero-order valence-corrected chi connectivity index (χ0v) is 17.9. The van der Waals surface area contributed by atoms with E-state index < -0.39 is 0 Å². The number of carbonyl (C=O) groups is 2. The van der Waals surface area contributed by atoms with Gasteiger partial charge < -0.3 is 10.2 Å². The number of anilines is 1. The van der Waals surface area contributed by atoms with Crippen molar-refractivity contribution in [1.82, 2.24) is 5.32 Å². The maximum Gasteiger partial charge on any atom is 0.230 e. The van der Waals surface area contributed by atoms with Crippen molar-refractivity contribution < 1.29 is 9.59 Å². The van der Waals surface area contributed by atoms with Crippen LogP contribution in [-0.4, -0.2) is 18.4 Å². The van der Waals surface area contributed by atoms with E-state index in [0.717, 1.165) is 49.0 Å². The molecular weight excluding hydrogens is 372 g/mol. The molecule has 0 saturated heterocycles. The van der Waals surface area contributed by atoms with Crippen molar-refractivity contribution in [2.75, 3.05) is 11.4 Å². The quantitative estimate of drug-likeness (QED) is 0.688. The van der Waals surface area contributed by atoms with Crippen LogP contribution >= 0.6 is 0 Å². The molecule has 0 aliphatic heterocycles. The second-order valence-corrected chi connectivity index (χ2v) is 8.99. The molecule has 30 heavy (non-hydrogen) atoms. The van der Waals surface area contributed by atoms with Gasteiger partial charge in [-0.2, -0.15) is 0 Å². The van der Waals surface area contributed by atoms with Crippen molar-refractivity contribution in [2.24, 2.45) is 11.8 Å². The van der Waals surface area contributed by atoms with Crippen LogP contribution in [0.1, 0.15) is 55.2 Å². The minimum atomic E-state index is 0.0771. The fourth-order valence-electron chi connectivity index (χ4n) is 4.30. The summed E-state index contributed by atoms with van der Waals surface area (Å²) < 4.78 is 0. The highest BCUT2D eigenvalue weighted by Crippen LogP contribution is 2.30. The first-order valence-corrected chi connectivity index (χ1v) is 11.3. The average molecular weight is 405 g/mol. The molecule has 158 valence electrons. The van der Waals surface area contributed by atoms with E-state index in [1.165, 1.54) is 18.4 Å². The molecule has 0 heterocycles. The van der Waals surface area contributed by atoms with E-state index in [-0.39, 0.29) is 17.7 Å². The summed E-state index contributed by atoms with van der Waals surface area (Å²) in [6.45, 7) is 3.46. The van der Waals surface area contributed by atoms with Gasteiger partial charge in [0.2, 0.25) is 11.8 Å². The molecule has 2 saturated carbocycles. The number of carbonyl (C=O) groups excluding carboxylic acids is 2. The number of amides is 2. The standard InChI is InChI=1S/C26H32N2O2/c1-19-5-4-6-22(15-19)18-28(26(30)23-7-2-3-8-23)24-13-11-20(12-14-24)16-25(29)27-17-21-9-10-21/h4-6,11-15,21,23H,2-3,7-10,16-18H2,1H3,(H,27,29). The maximum absolute atomic E-state index is 13.3.